The van der Waals surface area contributed by atoms with Crippen molar-refractivity contribution in [2.45, 2.75) is 45.6 Å². The molecule has 2 atom stereocenters. The largest absolute Gasteiger partial charge is 0.345 e. The van der Waals surface area contributed by atoms with Crippen LogP contribution in [0, 0.1) is 18.7 Å². The van der Waals surface area contributed by atoms with Crippen LogP contribution in [-0.2, 0) is 9.59 Å². The van der Waals surface area contributed by atoms with Crippen LogP contribution in [0.25, 0.3) is 0 Å². The molecule has 1 saturated carbocycles. The summed E-state index contributed by atoms with van der Waals surface area (Å²) in [6.07, 6.45) is 4.24. The molecule has 1 aliphatic carbocycles. The number of benzene rings is 1. The Morgan fingerprint density at radius 2 is 1.90 bits per heavy atom. The molecule has 0 bridgehead atoms. The summed E-state index contributed by atoms with van der Waals surface area (Å²) in [4.78, 5) is 23.9. The summed E-state index contributed by atoms with van der Waals surface area (Å²) in [5.41, 5.74) is 1.04. The number of amides is 2. The number of carbonyl (C=O) groups excluding carboxylic acids is 2. The average Bonchev–Trinajstić information content (AvgIpc) is 2.44. The monoisotopic (exact) mass is 292 g/mol. The Hall–Kier alpha value is -1.91. The van der Waals surface area contributed by atoms with Gasteiger partial charge in [-0.25, -0.2) is 4.39 Å². The first-order valence-electron chi connectivity index (χ1n) is 7.35. The first kappa shape index (κ1) is 15.5. The van der Waals surface area contributed by atoms with Crippen LogP contribution in [0.3, 0.4) is 0 Å². The number of hydrogen-bond acceptors (Lipinski definition) is 2. The molecule has 0 radical (unpaired) electrons. The molecule has 0 aromatic heterocycles. The van der Waals surface area contributed by atoms with Gasteiger partial charge in [0.1, 0.15) is 5.82 Å². The molecule has 114 valence electrons. The zero-order chi connectivity index (χ0) is 15.4. The van der Waals surface area contributed by atoms with E-state index in [0.717, 1.165) is 19.3 Å². The van der Waals surface area contributed by atoms with Gasteiger partial charge in [0.05, 0.1) is 0 Å². The summed E-state index contributed by atoms with van der Waals surface area (Å²) in [5, 5.41) is 5.32. The molecule has 2 N–H and O–H groups in total. The van der Waals surface area contributed by atoms with Crippen molar-refractivity contribution < 1.29 is 14.0 Å². The highest BCUT2D eigenvalue weighted by Crippen LogP contribution is 2.23. The molecule has 0 saturated heterocycles. The summed E-state index contributed by atoms with van der Waals surface area (Å²) >= 11 is 0. The lowest BCUT2D eigenvalue weighted by Crippen LogP contribution is -2.45. The summed E-state index contributed by atoms with van der Waals surface area (Å²) in [6, 6.07) is 4.09. The molecule has 1 fully saturated rings. The molecule has 0 spiro atoms. The summed E-state index contributed by atoms with van der Waals surface area (Å²) in [6.45, 7) is 3.77. The quantitative estimate of drug-likeness (QED) is 0.823. The standard InChI is InChI=1S/C16H21FN2O2/c1-10-5-3-4-6-13(10)18-15(20)16(21)19-14-8-7-12(17)9-11(14)2/h7-10,13H,3-6H2,1-2H3,(H,18,20)(H,19,21)/t10-,13-/m1/s1. The minimum Gasteiger partial charge on any atom is -0.345 e. The zero-order valence-corrected chi connectivity index (χ0v) is 12.4. The molecule has 1 aromatic rings. The van der Waals surface area contributed by atoms with Crippen molar-refractivity contribution in [2.75, 3.05) is 5.32 Å². The highest BCUT2D eigenvalue weighted by atomic mass is 19.1. The highest BCUT2D eigenvalue weighted by molar-refractivity contribution is 6.39. The third-order valence-electron chi connectivity index (χ3n) is 4.07. The lowest BCUT2D eigenvalue weighted by atomic mass is 9.86. The maximum Gasteiger partial charge on any atom is 0.313 e. The minimum atomic E-state index is -0.706. The van der Waals surface area contributed by atoms with Crippen LogP contribution in [0.1, 0.15) is 38.2 Å². The summed E-state index contributed by atoms with van der Waals surface area (Å²) in [5.74, 6) is -1.31. The number of aryl methyl sites for hydroxylation is 1. The summed E-state index contributed by atoms with van der Waals surface area (Å²) < 4.78 is 13.0. The van der Waals surface area contributed by atoms with E-state index in [1.807, 2.05) is 0 Å². The fourth-order valence-electron chi connectivity index (χ4n) is 2.71. The Kier molecular flexibility index (Phi) is 4.94. The van der Waals surface area contributed by atoms with Gasteiger partial charge in [-0.1, -0.05) is 19.8 Å². The van der Waals surface area contributed by atoms with Crippen molar-refractivity contribution in [3.63, 3.8) is 0 Å². The second-order valence-corrected chi connectivity index (χ2v) is 5.76. The molecule has 0 aliphatic heterocycles. The Labute approximate surface area is 124 Å². The van der Waals surface area contributed by atoms with Crippen molar-refractivity contribution in [3.8, 4) is 0 Å². The Bertz CT molecular complexity index is 545. The van der Waals surface area contributed by atoms with Crippen LogP contribution in [0.5, 0.6) is 0 Å². The minimum absolute atomic E-state index is 0.0614. The van der Waals surface area contributed by atoms with E-state index in [9.17, 15) is 14.0 Å². The van der Waals surface area contributed by atoms with Crippen molar-refractivity contribution in [1.29, 1.82) is 0 Å². The molecular formula is C16H21FN2O2. The van der Waals surface area contributed by atoms with E-state index >= 15 is 0 Å². The zero-order valence-electron chi connectivity index (χ0n) is 12.4. The van der Waals surface area contributed by atoms with Gasteiger partial charge in [0, 0.05) is 11.7 Å². The number of carbonyl (C=O) groups is 2. The van der Waals surface area contributed by atoms with Crippen LogP contribution < -0.4 is 10.6 Å². The number of halogens is 1. The molecule has 2 rings (SSSR count). The van der Waals surface area contributed by atoms with Gasteiger partial charge in [0.2, 0.25) is 0 Å². The van der Waals surface area contributed by atoms with Crippen LogP contribution in [-0.4, -0.2) is 17.9 Å². The maximum atomic E-state index is 13.0. The van der Waals surface area contributed by atoms with Gasteiger partial charge in [0.25, 0.3) is 0 Å². The van der Waals surface area contributed by atoms with Gasteiger partial charge in [0.15, 0.2) is 0 Å². The second kappa shape index (κ2) is 6.70. The van der Waals surface area contributed by atoms with E-state index in [-0.39, 0.29) is 11.9 Å². The van der Waals surface area contributed by atoms with E-state index < -0.39 is 11.8 Å². The lowest BCUT2D eigenvalue weighted by molar-refractivity contribution is -0.137. The van der Waals surface area contributed by atoms with Crippen LogP contribution in [0.4, 0.5) is 10.1 Å². The van der Waals surface area contributed by atoms with Crippen LogP contribution in [0.2, 0.25) is 0 Å². The topological polar surface area (TPSA) is 58.2 Å². The number of rotatable bonds is 2. The molecule has 5 heteroatoms. The van der Waals surface area contributed by atoms with Crippen LogP contribution >= 0.6 is 0 Å². The third-order valence-corrected chi connectivity index (χ3v) is 4.07. The predicted octanol–water partition coefficient (Wildman–Crippen LogP) is 2.77. The van der Waals surface area contributed by atoms with Gasteiger partial charge in [-0.05, 0) is 49.4 Å². The van der Waals surface area contributed by atoms with Gasteiger partial charge < -0.3 is 10.6 Å². The molecule has 2 amide bonds. The van der Waals surface area contributed by atoms with Gasteiger partial charge in [-0.2, -0.15) is 0 Å². The number of nitrogens with one attached hydrogen (secondary N) is 2. The van der Waals surface area contributed by atoms with E-state index in [4.69, 9.17) is 0 Å². The fourth-order valence-corrected chi connectivity index (χ4v) is 2.71. The Morgan fingerprint density at radius 1 is 1.19 bits per heavy atom. The second-order valence-electron chi connectivity index (χ2n) is 5.76. The smallest absolute Gasteiger partial charge is 0.313 e. The molecule has 4 nitrogen and oxygen atoms in total. The SMILES string of the molecule is Cc1cc(F)ccc1NC(=O)C(=O)N[C@@H]1CCCC[C@H]1C. The van der Waals surface area contributed by atoms with E-state index in [2.05, 4.69) is 17.6 Å². The Morgan fingerprint density at radius 3 is 2.57 bits per heavy atom. The predicted molar refractivity (Wildman–Crippen MR) is 79.3 cm³/mol. The number of anilines is 1. The van der Waals surface area contributed by atoms with Crippen molar-refractivity contribution >= 4 is 17.5 Å². The van der Waals surface area contributed by atoms with Crippen LogP contribution in [0.15, 0.2) is 18.2 Å². The molecule has 21 heavy (non-hydrogen) atoms. The highest BCUT2D eigenvalue weighted by Gasteiger charge is 2.25. The summed E-state index contributed by atoms with van der Waals surface area (Å²) in [7, 11) is 0. The normalized spacial score (nSPS) is 21.7. The first-order valence-corrected chi connectivity index (χ1v) is 7.35. The molecule has 1 aliphatic rings. The van der Waals surface area contributed by atoms with Crippen molar-refractivity contribution in [3.05, 3.63) is 29.6 Å². The number of hydrogen-bond donors (Lipinski definition) is 2. The van der Waals surface area contributed by atoms with Crippen molar-refractivity contribution in [1.82, 2.24) is 5.32 Å². The Balaban J connectivity index is 1.94. The van der Waals surface area contributed by atoms with E-state index in [0.29, 0.717) is 17.2 Å². The maximum absolute atomic E-state index is 13.0. The molecular weight excluding hydrogens is 271 g/mol. The third kappa shape index (κ3) is 4.03. The first-order chi connectivity index (χ1) is 9.97. The van der Waals surface area contributed by atoms with Gasteiger partial charge >= 0.3 is 11.8 Å². The average molecular weight is 292 g/mol. The van der Waals surface area contributed by atoms with E-state index in [1.54, 1.807) is 6.92 Å². The van der Waals surface area contributed by atoms with E-state index in [1.165, 1.54) is 24.6 Å². The van der Waals surface area contributed by atoms with Crippen molar-refractivity contribution in [2.24, 2.45) is 5.92 Å². The van der Waals surface area contributed by atoms with Gasteiger partial charge in [-0.3, -0.25) is 9.59 Å². The molecule has 0 unspecified atom stereocenters. The fraction of sp³-hybridized carbons (Fsp3) is 0.500. The van der Waals surface area contributed by atoms with Gasteiger partial charge in [-0.15, -0.1) is 0 Å². The lowest BCUT2D eigenvalue weighted by Gasteiger charge is -2.29. The molecule has 0 heterocycles. The molecule has 1 aromatic carbocycles.